The van der Waals surface area contributed by atoms with Crippen LogP contribution in [0.25, 0.3) is 21.8 Å². The van der Waals surface area contributed by atoms with E-state index in [2.05, 4.69) is 75.2 Å². The molecule has 0 atom stereocenters. The van der Waals surface area contributed by atoms with Gasteiger partial charge in [0.15, 0.2) is 5.75 Å². The van der Waals surface area contributed by atoms with Gasteiger partial charge in [-0.25, -0.2) is 0 Å². The fourth-order valence-corrected chi connectivity index (χ4v) is 6.22. The van der Waals surface area contributed by atoms with Crippen molar-refractivity contribution in [2.24, 2.45) is 10.2 Å². The molecule has 0 aliphatic heterocycles. The average Bonchev–Trinajstić information content (AvgIpc) is 3.52. The lowest BCUT2D eigenvalue weighted by Gasteiger charge is -2.22. The maximum atomic E-state index is 11.4. The Morgan fingerprint density at radius 3 is 2.07 bits per heavy atom. The molecule has 2 N–H and O–H groups in total. The zero-order valence-corrected chi connectivity index (χ0v) is 30.0. The molecule has 1 aromatic heterocycles. The number of aryl methyl sites for hydroxylation is 1. The number of aromatic nitrogens is 1. The van der Waals surface area contributed by atoms with E-state index >= 15 is 0 Å². The van der Waals surface area contributed by atoms with Gasteiger partial charge >= 0.3 is 0 Å². The van der Waals surface area contributed by atoms with Crippen molar-refractivity contribution < 1.29 is 24.6 Å². The molecule has 0 saturated carbocycles. The second-order valence-corrected chi connectivity index (χ2v) is 12.6. The van der Waals surface area contributed by atoms with Crippen molar-refractivity contribution in [3.8, 4) is 23.3 Å². The third-order valence-electron chi connectivity index (χ3n) is 8.90. The first kappa shape index (κ1) is 37.5. The van der Waals surface area contributed by atoms with Crippen LogP contribution in [0.3, 0.4) is 0 Å². The summed E-state index contributed by atoms with van der Waals surface area (Å²) in [5.41, 5.74) is 5.08. The maximum absolute atomic E-state index is 11.4. The van der Waals surface area contributed by atoms with E-state index in [1.807, 2.05) is 41.3 Å². The summed E-state index contributed by atoms with van der Waals surface area (Å²) in [5, 5.41) is 41.2. The van der Waals surface area contributed by atoms with Gasteiger partial charge in [0.05, 0.1) is 43.1 Å². The van der Waals surface area contributed by atoms with E-state index in [1.165, 1.54) is 40.0 Å². The lowest BCUT2D eigenvalue weighted by atomic mass is 10.2. The quantitative estimate of drug-likeness (QED) is 0.0297. The van der Waals surface area contributed by atoms with Crippen LogP contribution in [-0.2, 0) is 6.54 Å². The summed E-state index contributed by atoms with van der Waals surface area (Å²) < 4.78 is 14.3. The number of para-hydroxylation sites is 2. The lowest BCUT2D eigenvalue weighted by Crippen LogP contribution is -2.29. The number of nitro groups is 1. The molecule has 0 saturated heterocycles. The Morgan fingerprint density at radius 1 is 0.741 bits per heavy atom. The number of azo groups is 1. The number of nitro benzene ring substituents is 1. The molecule has 11 heteroatoms. The number of aliphatic hydroxyl groups is 2. The number of non-ortho nitro benzene ring substituents is 1. The Labute approximate surface area is 314 Å². The van der Waals surface area contributed by atoms with E-state index < -0.39 is 4.92 Å². The number of anilines is 1. The van der Waals surface area contributed by atoms with Gasteiger partial charge in [-0.1, -0.05) is 48.2 Å². The zero-order valence-electron chi connectivity index (χ0n) is 30.0. The fourth-order valence-electron chi connectivity index (χ4n) is 6.22. The number of hydrogen-bond acceptors (Lipinski definition) is 9. The number of unbranched alkanes of at least 4 members (excludes halogenated alkanes) is 2. The van der Waals surface area contributed by atoms with Crippen LogP contribution >= 0.6 is 0 Å². The topological polar surface area (TPSA) is 135 Å². The summed E-state index contributed by atoms with van der Waals surface area (Å²) in [7, 11) is 0. The van der Waals surface area contributed by atoms with Crippen molar-refractivity contribution in [2.45, 2.75) is 32.2 Å². The standard InChI is InChI=1S/C43H43N5O6/c49-28-26-46(27-29-50)35-19-17-34(18-20-35)44-45-40-24-21-36(48(51)52)32-43(40)54-31-8-1-2-10-33-15-22-37(23-16-33)53-30-9-7-25-47-41-13-5-3-11-38(41)39-12-4-6-14-42(39)47/h3-6,11-24,32,49-50H,1,7-9,25-31H2. The highest BCUT2D eigenvalue weighted by Crippen LogP contribution is 2.34. The summed E-state index contributed by atoms with van der Waals surface area (Å²) in [4.78, 5) is 12.8. The van der Waals surface area contributed by atoms with E-state index in [-0.39, 0.29) is 24.7 Å². The number of fused-ring (bicyclic) bond motifs is 3. The summed E-state index contributed by atoms with van der Waals surface area (Å²) in [6.45, 7) is 2.59. The summed E-state index contributed by atoms with van der Waals surface area (Å²) >= 11 is 0. The van der Waals surface area contributed by atoms with Gasteiger partial charge in [0.25, 0.3) is 5.69 Å². The fraction of sp³-hybridized carbons (Fsp3) is 0.256. The maximum Gasteiger partial charge on any atom is 0.273 e. The number of aliphatic hydroxyl groups excluding tert-OH is 2. The Kier molecular flexibility index (Phi) is 13.2. The van der Waals surface area contributed by atoms with Crippen LogP contribution in [0.2, 0.25) is 0 Å². The predicted octanol–water partition coefficient (Wildman–Crippen LogP) is 8.98. The number of rotatable bonds is 18. The molecule has 0 spiro atoms. The third-order valence-corrected chi connectivity index (χ3v) is 8.90. The minimum atomic E-state index is -0.479. The molecule has 54 heavy (non-hydrogen) atoms. The van der Waals surface area contributed by atoms with Crippen LogP contribution in [0.1, 0.15) is 31.2 Å². The molecule has 6 aromatic rings. The summed E-state index contributed by atoms with van der Waals surface area (Å²) in [6.07, 6.45) is 3.14. The first-order chi connectivity index (χ1) is 26.5. The Morgan fingerprint density at radius 2 is 1.41 bits per heavy atom. The van der Waals surface area contributed by atoms with E-state index in [9.17, 15) is 20.3 Å². The molecule has 11 nitrogen and oxygen atoms in total. The molecule has 0 fully saturated rings. The van der Waals surface area contributed by atoms with Crippen LogP contribution in [-0.4, -0.2) is 59.2 Å². The van der Waals surface area contributed by atoms with Gasteiger partial charge in [0.2, 0.25) is 0 Å². The normalized spacial score (nSPS) is 11.1. The Hall–Kier alpha value is -6.22. The van der Waals surface area contributed by atoms with Crippen molar-refractivity contribution in [3.63, 3.8) is 0 Å². The molecule has 1 heterocycles. The number of benzene rings is 5. The number of nitrogens with zero attached hydrogens (tertiary/aromatic N) is 5. The van der Waals surface area contributed by atoms with E-state index in [4.69, 9.17) is 9.47 Å². The number of hydrogen-bond donors (Lipinski definition) is 2. The molecule has 6 rings (SSSR count). The highest BCUT2D eigenvalue weighted by Gasteiger charge is 2.13. The van der Waals surface area contributed by atoms with Gasteiger partial charge in [-0.3, -0.25) is 10.1 Å². The van der Waals surface area contributed by atoms with Crippen LogP contribution in [0, 0.1) is 22.0 Å². The minimum absolute atomic E-state index is 0.0332. The van der Waals surface area contributed by atoms with Gasteiger partial charge < -0.3 is 29.2 Å². The third kappa shape index (κ3) is 9.80. The number of ether oxygens (including phenoxy) is 2. The predicted molar refractivity (Wildman–Crippen MR) is 212 cm³/mol. The molecule has 276 valence electrons. The van der Waals surface area contributed by atoms with Gasteiger partial charge in [-0.05, 0) is 86.0 Å². The first-order valence-electron chi connectivity index (χ1n) is 18.1. The summed E-state index contributed by atoms with van der Waals surface area (Å²) in [6, 6.07) is 36.3. The molecule has 0 bridgehead atoms. The monoisotopic (exact) mass is 725 g/mol. The molecular formula is C43H43N5O6. The lowest BCUT2D eigenvalue weighted by molar-refractivity contribution is -0.384. The van der Waals surface area contributed by atoms with Crippen LogP contribution < -0.4 is 14.4 Å². The van der Waals surface area contributed by atoms with Crippen LogP contribution in [0.15, 0.2) is 125 Å². The van der Waals surface area contributed by atoms with Crippen molar-refractivity contribution in [2.75, 3.05) is 44.4 Å². The smallest absolute Gasteiger partial charge is 0.273 e. The second-order valence-electron chi connectivity index (χ2n) is 12.6. The van der Waals surface area contributed by atoms with E-state index in [0.29, 0.717) is 50.5 Å². The van der Waals surface area contributed by atoms with Gasteiger partial charge in [-0.15, -0.1) is 5.11 Å². The molecule has 0 amide bonds. The summed E-state index contributed by atoms with van der Waals surface area (Å²) in [5.74, 6) is 7.42. The highest BCUT2D eigenvalue weighted by molar-refractivity contribution is 6.07. The Balaban J connectivity index is 0.948. The van der Waals surface area contributed by atoms with E-state index in [0.717, 1.165) is 36.4 Å². The van der Waals surface area contributed by atoms with Crippen molar-refractivity contribution in [1.82, 2.24) is 4.57 Å². The molecule has 0 aliphatic carbocycles. The SMILES string of the molecule is O=[N+]([O-])c1ccc(N=Nc2ccc(N(CCO)CCO)cc2)c(OCCCC#Cc2ccc(OCCCCn3c4ccccc4c4ccccc43)cc2)c1. The molecular weight excluding hydrogens is 683 g/mol. The highest BCUT2D eigenvalue weighted by atomic mass is 16.6. The molecule has 0 radical (unpaired) electrons. The molecule has 0 aliphatic rings. The second kappa shape index (κ2) is 19.0. The average molecular weight is 726 g/mol. The van der Waals surface area contributed by atoms with Crippen LogP contribution in [0.5, 0.6) is 11.5 Å². The zero-order chi connectivity index (χ0) is 37.5. The minimum Gasteiger partial charge on any atom is -0.494 e. The van der Waals surface area contributed by atoms with Crippen molar-refractivity contribution in [3.05, 3.63) is 131 Å². The Bertz CT molecular complexity index is 2180. The van der Waals surface area contributed by atoms with Crippen LogP contribution in [0.4, 0.5) is 22.7 Å². The molecule has 5 aromatic carbocycles. The van der Waals surface area contributed by atoms with Gasteiger partial charge in [-0.2, -0.15) is 5.11 Å². The first-order valence-corrected chi connectivity index (χ1v) is 18.1. The van der Waals surface area contributed by atoms with Crippen molar-refractivity contribution >= 4 is 44.6 Å². The van der Waals surface area contributed by atoms with Gasteiger partial charge in [0.1, 0.15) is 11.4 Å². The van der Waals surface area contributed by atoms with Crippen molar-refractivity contribution in [1.29, 1.82) is 0 Å². The van der Waals surface area contributed by atoms with E-state index in [1.54, 1.807) is 12.1 Å². The molecule has 0 unspecified atom stereocenters. The largest absolute Gasteiger partial charge is 0.494 e. The van der Waals surface area contributed by atoms with Gasteiger partial charge in [0, 0.05) is 65.2 Å².